The Morgan fingerprint density at radius 2 is 1.81 bits per heavy atom. The van der Waals surface area contributed by atoms with Gasteiger partial charge in [-0.3, -0.25) is 5.32 Å². The third-order valence-corrected chi connectivity index (χ3v) is 5.88. The van der Waals surface area contributed by atoms with Crippen LogP contribution in [0.3, 0.4) is 0 Å². The fourth-order valence-electron chi connectivity index (χ4n) is 5.08. The topological polar surface area (TPSA) is 67.2 Å². The Morgan fingerprint density at radius 3 is 2.29 bits per heavy atom. The highest BCUT2D eigenvalue weighted by Crippen LogP contribution is 2.55. The summed E-state index contributed by atoms with van der Waals surface area (Å²) in [7, 11) is 0. The zero-order chi connectivity index (χ0) is 14.6. The molecule has 4 aliphatic rings. The molecule has 1 heterocycles. The van der Waals surface area contributed by atoms with Gasteiger partial charge in [-0.05, 0) is 63.2 Å². The van der Waals surface area contributed by atoms with E-state index >= 15 is 0 Å². The van der Waals surface area contributed by atoms with Crippen molar-refractivity contribution in [3.63, 3.8) is 0 Å². The van der Waals surface area contributed by atoms with Crippen LogP contribution in [0.15, 0.2) is 4.52 Å². The Balaban J connectivity index is 1.46. The molecule has 0 aromatic carbocycles. The summed E-state index contributed by atoms with van der Waals surface area (Å²) in [4.78, 5) is 12.3. The van der Waals surface area contributed by atoms with E-state index in [0.29, 0.717) is 10.7 Å². The first-order chi connectivity index (χ1) is 10.0. The van der Waals surface area contributed by atoms with Gasteiger partial charge in [0.05, 0.1) is 0 Å². The average Bonchev–Trinajstić information content (AvgIpc) is 2.68. The second-order valence-electron chi connectivity index (χ2n) is 7.19. The highest BCUT2D eigenvalue weighted by Gasteiger charge is 2.51. The number of hydrogen-bond acceptors (Lipinski definition) is 3. The number of nitrogens with zero attached hydrogens (tertiary/aromatic N) is 1. The smallest absolute Gasteiger partial charge is 0.322 e. The van der Waals surface area contributed by atoms with Crippen LogP contribution in [0.2, 0.25) is 5.02 Å². The predicted octanol–water partition coefficient (Wildman–Crippen LogP) is 3.73. The van der Waals surface area contributed by atoms with Crippen molar-refractivity contribution in [1.29, 1.82) is 0 Å². The van der Waals surface area contributed by atoms with Crippen molar-refractivity contribution >= 4 is 23.5 Å². The molecule has 21 heavy (non-hydrogen) atoms. The van der Waals surface area contributed by atoms with Gasteiger partial charge in [0.1, 0.15) is 10.7 Å². The fourth-order valence-corrected chi connectivity index (χ4v) is 5.19. The van der Waals surface area contributed by atoms with Gasteiger partial charge in [0.25, 0.3) is 5.88 Å². The van der Waals surface area contributed by atoms with E-state index in [4.69, 9.17) is 16.1 Å². The molecule has 114 valence electrons. The SMILES string of the molecule is Cc1noc(NC(=O)NC23CC4CC(CC(C4)C2)C3)c1Cl. The number of anilines is 1. The largest absolute Gasteiger partial charge is 0.336 e. The number of aryl methyl sites for hydroxylation is 1. The van der Waals surface area contributed by atoms with Crippen molar-refractivity contribution in [2.24, 2.45) is 17.8 Å². The monoisotopic (exact) mass is 309 g/mol. The van der Waals surface area contributed by atoms with E-state index in [-0.39, 0.29) is 17.5 Å². The summed E-state index contributed by atoms with van der Waals surface area (Å²) in [5.74, 6) is 2.63. The van der Waals surface area contributed by atoms with E-state index in [1.165, 1.54) is 19.3 Å². The zero-order valence-electron chi connectivity index (χ0n) is 12.1. The van der Waals surface area contributed by atoms with Gasteiger partial charge in [0.2, 0.25) is 0 Å². The number of urea groups is 1. The number of nitrogens with one attached hydrogen (secondary N) is 2. The van der Waals surface area contributed by atoms with Crippen LogP contribution in [-0.4, -0.2) is 16.7 Å². The minimum Gasteiger partial charge on any atom is -0.336 e. The van der Waals surface area contributed by atoms with Crippen LogP contribution >= 0.6 is 11.6 Å². The first-order valence-corrected chi connectivity index (χ1v) is 8.12. The van der Waals surface area contributed by atoms with Gasteiger partial charge in [-0.2, -0.15) is 0 Å². The molecular formula is C15H20ClN3O2. The van der Waals surface area contributed by atoms with E-state index in [1.54, 1.807) is 6.92 Å². The third-order valence-electron chi connectivity index (χ3n) is 5.43. The summed E-state index contributed by atoms with van der Waals surface area (Å²) in [5, 5.41) is 10.0. The molecule has 2 amide bonds. The fraction of sp³-hybridized carbons (Fsp3) is 0.733. The van der Waals surface area contributed by atoms with Gasteiger partial charge in [0.15, 0.2) is 0 Å². The summed E-state index contributed by atoms with van der Waals surface area (Å²) in [6.45, 7) is 1.74. The molecule has 0 spiro atoms. The maximum Gasteiger partial charge on any atom is 0.322 e. The molecule has 0 atom stereocenters. The van der Waals surface area contributed by atoms with Gasteiger partial charge in [-0.25, -0.2) is 4.79 Å². The van der Waals surface area contributed by atoms with Crippen molar-refractivity contribution in [3.05, 3.63) is 10.7 Å². The highest BCUT2D eigenvalue weighted by atomic mass is 35.5. The number of aromatic nitrogens is 1. The zero-order valence-corrected chi connectivity index (χ0v) is 12.9. The number of rotatable bonds is 2. The van der Waals surface area contributed by atoms with Crippen LogP contribution < -0.4 is 10.6 Å². The molecule has 4 saturated carbocycles. The van der Waals surface area contributed by atoms with E-state index in [2.05, 4.69) is 15.8 Å². The van der Waals surface area contributed by atoms with Crippen molar-refractivity contribution < 1.29 is 9.32 Å². The van der Waals surface area contributed by atoms with Crippen LogP contribution in [0.5, 0.6) is 0 Å². The van der Waals surface area contributed by atoms with Crippen LogP contribution in [0.1, 0.15) is 44.2 Å². The summed E-state index contributed by atoms with van der Waals surface area (Å²) in [5.41, 5.74) is 0.571. The number of hydrogen-bond donors (Lipinski definition) is 2. The maximum atomic E-state index is 12.3. The Kier molecular flexibility index (Phi) is 2.96. The van der Waals surface area contributed by atoms with E-state index in [1.807, 2.05) is 0 Å². The normalized spacial score (nSPS) is 36.8. The summed E-state index contributed by atoms with van der Waals surface area (Å²) >= 11 is 6.03. The molecule has 5 rings (SSSR count). The lowest BCUT2D eigenvalue weighted by Gasteiger charge is -2.56. The summed E-state index contributed by atoms with van der Waals surface area (Å²) < 4.78 is 5.03. The van der Waals surface area contributed by atoms with Crippen molar-refractivity contribution in [2.45, 2.75) is 51.0 Å². The molecule has 0 unspecified atom stereocenters. The number of halogens is 1. The number of amides is 2. The Hall–Kier alpha value is -1.23. The molecule has 4 aliphatic carbocycles. The molecular weight excluding hydrogens is 290 g/mol. The van der Waals surface area contributed by atoms with Crippen molar-refractivity contribution in [1.82, 2.24) is 10.5 Å². The third kappa shape index (κ3) is 2.31. The second-order valence-corrected chi connectivity index (χ2v) is 7.57. The van der Waals surface area contributed by atoms with Crippen LogP contribution in [0.4, 0.5) is 10.7 Å². The molecule has 1 aromatic heterocycles. The molecule has 0 radical (unpaired) electrons. The lowest BCUT2D eigenvalue weighted by Crippen LogP contribution is -2.60. The lowest BCUT2D eigenvalue weighted by molar-refractivity contribution is -0.0127. The van der Waals surface area contributed by atoms with Crippen LogP contribution in [-0.2, 0) is 0 Å². The van der Waals surface area contributed by atoms with Crippen molar-refractivity contribution in [3.8, 4) is 0 Å². The lowest BCUT2D eigenvalue weighted by atomic mass is 9.53. The molecule has 1 aromatic rings. The van der Waals surface area contributed by atoms with E-state index in [0.717, 1.165) is 37.0 Å². The predicted molar refractivity (Wildman–Crippen MR) is 79.3 cm³/mol. The second kappa shape index (κ2) is 4.63. The van der Waals surface area contributed by atoms with Crippen molar-refractivity contribution in [2.75, 3.05) is 5.32 Å². The highest BCUT2D eigenvalue weighted by molar-refractivity contribution is 6.33. The summed E-state index contributed by atoms with van der Waals surface area (Å²) in [6, 6.07) is -0.227. The van der Waals surface area contributed by atoms with Gasteiger partial charge in [0, 0.05) is 5.54 Å². The molecule has 4 bridgehead atoms. The first-order valence-electron chi connectivity index (χ1n) is 7.74. The average molecular weight is 310 g/mol. The van der Waals surface area contributed by atoms with Gasteiger partial charge >= 0.3 is 6.03 Å². The van der Waals surface area contributed by atoms with Gasteiger partial charge in [-0.1, -0.05) is 16.8 Å². The van der Waals surface area contributed by atoms with Gasteiger partial charge in [-0.15, -0.1) is 0 Å². The van der Waals surface area contributed by atoms with Gasteiger partial charge < -0.3 is 9.84 Å². The molecule has 0 saturated heterocycles. The molecule has 0 aliphatic heterocycles. The number of carbonyl (C=O) groups excluding carboxylic acids is 1. The molecule has 4 fully saturated rings. The molecule has 6 heteroatoms. The Morgan fingerprint density at radius 1 is 1.24 bits per heavy atom. The molecule has 5 nitrogen and oxygen atoms in total. The molecule has 2 N–H and O–H groups in total. The Bertz CT molecular complexity index is 548. The number of carbonyl (C=O) groups is 1. The summed E-state index contributed by atoms with van der Waals surface area (Å²) in [6.07, 6.45) is 7.43. The van der Waals surface area contributed by atoms with Crippen LogP contribution in [0, 0.1) is 24.7 Å². The maximum absolute atomic E-state index is 12.3. The Labute approximate surface area is 128 Å². The quantitative estimate of drug-likeness (QED) is 0.874. The van der Waals surface area contributed by atoms with E-state index in [9.17, 15) is 4.79 Å². The van der Waals surface area contributed by atoms with Crippen LogP contribution in [0.25, 0.3) is 0 Å². The minimum absolute atomic E-state index is 0.0135. The standard InChI is InChI=1S/C15H20ClN3O2/c1-8-12(16)13(21-19-8)17-14(20)18-15-5-9-2-10(6-15)4-11(3-9)7-15/h9-11H,2-7H2,1H3,(H2,17,18,20). The first kappa shape index (κ1) is 13.4. The van der Waals surface area contributed by atoms with E-state index < -0.39 is 0 Å². The minimum atomic E-state index is -0.227.